The van der Waals surface area contributed by atoms with Crippen molar-refractivity contribution in [1.82, 2.24) is 29.8 Å². The number of sulfonamides is 1. The number of anilines is 3. The minimum Gasteiger partial charge on any atom is -0.348 e. The first kappa shape index (κ1) is 32.0. The van der Waals surface area contributed by atoms with Crippen LogP contribution in [0, 0.1) is 5.82 Å². The van der Waals surface area contributed by atoms with E-state index < -0.39 is 15.8 Å². The van der Waals surface area contributed by atoms with Gasteiger partial charge in [-0.15, -0.1) is 0 Å². The average molecular weight is 631 g/mol. The number of rotatable bonds is 9. The molecule has 0 bridgehead atoms. The molecule has 240 valence electrons. The van der Waals surface area contributed by atoms with Crippen LogP contribution in [0.25, 0.3) is 0 Å². The van der Waals surface area contributed by atoms with E-state index in [0.717, 1.165) is 12.1 Å². The van der Waals surface area contributed by atoms with E-state index >= 15 is 0 Å². The lowest BCUT2D eigenvalue weighted by Crippen LogP contribution is -2.55. The lowest BCUT2D eigenvalue weighted by atomic mass is 10.0. The largest absolute Gasteiger partial charge is 0.348 e. The molecular weight excluding hydrogens is 587 g/mol. The van der Waals surface area contributed by atoms with Crippen LogP contribution in [0.4, 0.5) is 21.6 Å². The molecule has 0 unspecified atom stereocenters. The number of likely N-dealkylation sites (tertiary alicyclic amines) is 1. The number of carbonyl (C=O) groups excluding carboxylic acids is 2. The molecule has 5 rings (SSSR count). The van der Waals surface area contributed by atoms with Crippen molar-refractivity contribution in [3.05, 3.63) is 42.1 Å². The third-order valence-electron chi connectivity index (χ3n) is 8.86. The Hall–Kier alpha value is -3.36. The Labute approximate surface area is 259 Å². The second kappa shape index (κ2) is 13.3. The fourth-order valence-electron chi connectivity index (χ4n) is 6.50. The summed E-state index contributed by atoms with van der Waals surface area (Å²) in [7, 11) is -3.30. The van der Waals surface area contributed by atoms with Crippen LogP contribution in [0.1, 0.15) is 57.3 Å². The van der Waals surface area contributed by atoms with Crippen molar-refractivity contribution in [1.29, 1.82) is 0 Å². The molecule has 4 heterocycles. The molecule has 2 amide bonds. The van der Waals surface area contributed by atoms with Gasteiger partial charge >= 0.3 is 0 Å². The summed E-state index contributed by atoms with van der Waals surface area (Å²) in [5, 5.41) is 3.25. The Morgan fingerprint density at radius 2 is 1.93 bits per heavy atom. The van der Waals surface area contributed by atoms with Gasteiger partial charge in [-0.2, -0.15) is 0 Å². The summed E-state index contributed by atoms with van der Waals surface area (Å²) in [6, 6.07) is 3.78. The van der Waals surface area contributed by atoms with Gasteiger partial charge in [-0.25, -0.2) is 27.5 Å². The molecule has 3 aliphatic rings. The van der Waals surface area contributed by atoms with Gasteiger partial charge < -0.3 is 24.9 Å². The van der Waals surface area contributed by atoms with Gasteiger partial charge in [0.05, 0.1) is 29.2 Å². The SMILES string of the molecule is CCN(C(=O)c1cc(F)ccc1N1CCN([C@H]2CCN(C(=O)[C@@H]3CC[C@H](NS(=O)(=O)CC)CN3)C2)c2ncncc21)C(C)C. The number of amides is 2. The molecule has 2 fully saturated rings. The maximum absolute atomic E-state index is 14.5. The second-order valence-corrected chi connectivity index (χ2v) is 13.9. The molecule has 14 heteroatoms. The number of fused-ring (bicyclic) bond motifs is 1. The molecule has 2 aromatic rings. The number of hydrogen-bond donors (Lipinski definition) is 2. The highest BCUT2D eigenvalue weighted by atomic mass is 32.2. The molecule has 12 nitrogen and oxygen atoms in total. The van der Waals surface area contributed by atoms with Crippen LogP contribution in [-0.2, 0) is 14.8 Å². The van der Waals surface area contributed by atoms with Gasteiger partial charge in [0.15, 0.2) is 5.82 Å². The first-order valence-corrected chi connectivity index (χ1v) is 17.1. The zero-order valence-corrected chi connectivity index (χ0v) is 26.7. The molecule has 0 saturated carbocycles. The van der Waals surface area contributed by atoms with E-state index in [1.165, 1.54) is 18.5 Å². The molecule has 3 atom stereocenters. The van der Waals surface area contributed by atoms with Gasteiger partial charge in [0.1, 0.15) is 17.8 Å². The van der Waals surface area contributed by atoms with Crippen molar-refractivity contribution in [2.75, 3.05) is 54.8 Å². The van der Waals surface area contributed by atoms with E-state index in [-0.39, 0.29) is 41.7 Å². The molecule has 0 radical (unpaired) electrons. The molecule has 3 aliphatic heterocycles. The number of hydrogen-bond acceptors (Lipinski definition) is 9. The van der Waals surface area contributed by atoms with Crippen molar-refractivity contribution < 1.29 is 22.4 Å². The van der Waals surface area contributed by atoms with Gasteiger partial charge in [-0.1, -0.05) is 0 Å². The quantitative estimate of drug-likeness (QED) is 0.428. The van der Waals surface area contributed by atoms with Crippen molar-refractivity contribution >= 4 is 39.0 Å². The number of nitrogens with one attached hydrogen (secondary N) is 2. The zero-order valence-electron chi connectivity index (χ0n) is 25.9. The first-order chi connectivity index (χ1) is 21.0. The summed E-state index contributed by atoms with van der Waals surface area (Å²) in [4.78, 5) is 43.7. The van der Waals surface area contributed by atoms with E-state index in [2.05, 4.69) is 24.9 Å². The summed E-state index contributed by atoms with van der Waals surface area (Å²) < 4.78 is 41.0. The molecule has 2 saturated heterocycles. The monoisotopic (exact) mass is 630 g/mol. The van der Waals surface area contributed by atoms with E-state index in [1.807, 2.05) is 30.6 Å². The van der Waals surface area contributed by atoms with Crippen molar-refractivity contribution in [2.45, 2.75) is 71.1 Å². The van der Waals surface area contributed by atoms with Crippen LogP contribution in [-0.4, -0.2) is 109 Å². The summed E-state index contributed by atoms with van der Waals surface area (Å²) in [5.74, 6) is 0.0775. The van der Waals surface area contributed by atoms with Crippen LogP contribution < -0.4 is 19.8 Å². The van der Waals surface area contributed by atoms with E-state index in [4.69, 9.17) is 0 Å². The van der Waals surface area contributed by atoms with Gasteiger partial charge in [0, 0.05) is 57.4 Å². The number of benzene rings is 1. The Morgan fingerprint density at radius 1 is 1.14 bits per heavy atom. The summed E-state index contributed by atoms with van der Waals surface area (Å²) >= 11 is 0. The lowest BCUT2D eigenvalue weighted by Gasteiger charge is -2.41. The number of halogens is 1. The van der Waals surface area contributed by atoms with Crippen molar-refractivity contribution in [3.63, 3.8) is 0 Å². The van der Waals surface area contributed by atoms with Crippen LogP contribution in [0.5, 0.6) is 0 Å². The zero-order chi connectivity index (χ0) is 31.6. The smallest absolute Gasteiger partial charge is 0.256 e. The molecule has 0 aliphatic carbocycles. The van der Waals surface area contributed by atoms with Gasteiger partial charge in [0.2, 0.25) is 15.9 Å². The average Bonchev–Trinajstić information content (AvgIpc) is 3.51. The second-order valence-electron chi connectivity index (χ2n) is 11.9. The Bertz CT molecular complexity index is 1470. The topological polar surface area (TPSA) is 131 Å². The predicted molar refractivity (Wildman–Crippen MR) is 167 cm³/mol. The highest BCUT2D eigenvalue weighted by molar-refractivity contribution is 7.89. The minimum atomic E-state index is -3.30. The standard InChI is InChI=1S/C30H43FN8O4S/c1-5-37(20(3)4)29(40)24-15-21(31)7-10-26(24)39-14-13-38(28-27(39)17-32-19-34-28)23-11-12-36(18-23)30(41)25-9-8-22(16-33-25)35-44(42,43)6-2/h7,10,15,17,19-20,22-23,25,33,35H,5-6,8-9,11-14,16,18H2,1-4H3/t22-,23-,25-/m0/s1. The maximum Gasteiger partial charge on any atom is 0.256 e. The molecular formula is C30H43FN8O4S. The van der Waals surface area contributed by atoms with Gasteiger partial charge in [-0.3, -0.25) is 9.59 Å². The first-order valence-electron chi connectivity index (χ1n) is 15.5. The summed E-state index contributed by atoms with van der Waals surface area (Å²) in [6.45, 7) is 10.6. The van der Waals surface area contributed by atoms with Crippen LogP contribution in [0.3, 0.4) is 0 Å². The number of carbonyl (C=O) groups is 2. The molecule has 0 spiro atoms. The predicted octanol–water partition coefficient (Wildman–Crippen LogP) is 2.11. The van der Waals surface area contributed by atoms with E-state index in [9.17, 15) is 22.4 Å². The number of nitrogens with zero attached hydrogens (tertiary/aromatic N) is 6. The molecule has 44 heavy (non-hydrogen) atoms. The lowest BCUT2D eigenvalue weighted by molar-refractivity contribution is -0.133. The van der Waals surface area contributed by atoms with Gasteiger partial charge in [0.25, 0.3) is 5.91 Å². The molecule has 2 N–H and O–H groups in total. The number of aromatic nitrogens is 2. The summed E-state index contributed by atoms with van der Waals surface area (Å²) in [5.41, 5.74) is 1.63. The Morgan fingerprint density at radius 3 is 2.61 bits per heavy atom. The normalized spacial score (nSPS) is 22.3. The van der Waals surface area contributed by atoms with Crippen molar-refractivity contribution in [2.24, 2.45) is 0 Å². The summed E-state index contributed by atoms with van der Waals surface area (Å²) in [6.07, 6.45) is 5.17. The van der Waals surface area contributed by atoms with Crippen LogP contribution in [0.15, 0.2) is 30.7 Å². The Balaban J connectivity index is 1.30. The van der Waals surface area contributed by atoms with Gasteiger partial charge in [-0.05, 0) is 65.2 Å². The Kier molecular flexibility index (Phi) is 9.71. The van der Waals surface area contributed by atoms with Crippen LogP contribution >= 0.6 is 0 Å². The third kappa shape index (κ3) is 6.66. The van der Waals surface area contributed by atoms with E-state index in [1.54, 1.807) is 24.1 Å². The number of piperidine rings is 1. The maximum atomic E-state index is 14.5. The third-order valence-corrected chi connectivity index (χ3v) is 10.3. The molecule has 1 aromatic heterocycles. The highest BCUT2D eigenvalue weighted by Gasteiger charge is 2.39. The minimum absolute atomic E-state index is 0.0299. The van der Waals surface area contributed by atoms with Crippen molar-refractivity contribution in [3.8, 4) is 0 Å². The fourth-order valence-corrected chi connectivity index (χ4v) is 7.38. The molecule has 1 aromatic carbocycles. The van der Waals surface area contributed by atoms with E-state index in [0.29, 0.717) is 69.2 Å². The van der Waals surface area contributed by atoms with Crippen LogP contribution in [0.2, 0.25) is 0 Å². The fraction of sp³-hybridized carbons (Fsp3) is 0.600. The highest BCUT2D eigenvalue weighted by Crippen LogP contribution is 2.39.